The van der Waals surface area contributed by atoms with Gasteiger partial charge in [0.05, 0.1) is 6.10 Å². The van der Waals surface area contributed by atoms with E-state index < -0.39 is 5.97 Å². The van der Waals surface area contributed by atoms with E-state index in [-0.39, 0.29) is 23.4 Å². The number of aliphatic hydroxyl groups excluding tert-OH is 1. The fourth-order valence-corrected chi connectivity index (χ4v) is 8.44. The van der Waals surface area contributed by atoms with Gasteiger partial charge in [0.1, 0.15) is 5.78 Å². The second kappa shape index (κ2) is 7.11. The summed E-state index contributed by atoms with van der Waals surface area (Å²) in [5, 5.41) is 19.3. The van der Waals surface area contributed by atoms with Gasteiger partial charge in [-0.2, -0.15) is 0 Å². The minimum absolute atomic E-state index is 0.148. The van der Waals surface area contributed by atoms with Crippen LogP contribution in [0.1, 0.15) is 85.0 Å². The molecular weight excluding hydrogens is 352 g/mol. The first-order chi connectivity index (χ1) is 13.2. The predicted octanol–water partition coefficient (Wildman–Crippen LogP) is 4.69. The Morgan fingerprint density at radius 3 is 2.61 bits per heavy atom. The summed E-state index contributed by atoms with van der Waals surface area (Å²) in [6, 6.07) is 0. The van der Waals surface area contributed by atoms with Crippen LogP contribution in [0.4, 0.5) is 0 Å². The van der Waals surface area contributed by atoms with E-state index in [2.05, 4.69) is 20.8 Å². The number of carbonyl (C=O) groups is 2. The Labute approximate surface area is 169 Å². The van der Waals surface area contributed by atoms with Crippen molar-refractivity contribution >= 4 is 11.8 Å². The molecule has 2 N–H and O–H groups in total. The molecule has 0 aromatic carbocycles. The number of carboxylic acids is 1. The molecule has 4 rings (SSSR count). The molecule has 4 aliphatic carbocycles. The lowest BCUT2D eigenvalue weighted by atomic mass is 9.44. The Kier molecular flexibility index (Phi) is 5.17. The van der Waals surface area contributed by atoms with E-state index in [1.54, 1.807) is 0 Å². The van der Waals surface area contributed by atoms with Crippen molar-refractivity contribution in [3.05, 3.63) is 0 Å². The number of ketones is 1. The van der Waals surface area contributed by atoms with Crippen LogP contribution in [-0.2, 0) is 9.59 Å². The second-order valence-electron chi connectivity index (χ2n) is 11.1. The van der Waals surface area contributed by atoms with Gasteiger partial charge in [-0.3, -0.25) is 9.59 Å². The van der Waals surface area contributed by atoms with Gasteiger partial charge >= 0.3 is 5.97 Å². The standard InChI is InChI=1S/C24H38O4/c1-14(4-9-22(27)28)18-7-8-19-17-6-5-15-12-16(25)10-11-23(15,2)20(17)13-21(26)24(18,19)3/h14-20,25H,4-13H2,1-3H3,(H,27,28)/t14?,15?,16?,17?,18?,19?,20?,23-,24+/m0/s1. The Hall–Kier alpha value is -0.900. The highest BCUT2D eigenvalue weighted by molar-refractivity contribution is 5.87. The van der Waals surface area contributed by atoms with Crippen LogP contribution in [0.5, 0.6) is 0 Å². The molecule has 0 aromatic heterocycles. The van der Waals surface area contributed by atoms with E-state index in [9.17, 15) is 14.7 Å². The Bertz CT molecular complexity index is 645. The van der Waals surface area contributed by atoms with Crippen LogP contribution in [-0.4, -0.2) is 28.1 Å². The highest BCUT2D eigenvalue weighted by atomic mass is 16.4. The van der Waals surface area contributed by atoms with Gasteiger partial charge in [-0.05, 0) is 92.3 Å². The summed E-state index contributed by atoms with van der Waals surface area (Å²) in [4.78, 5) is 24.7. The summed E-state index contributed by atoms with van der Waals surface area (Å²) >= 11 is 0. The third kappa shape index (κ3) is 2.97. The highest BCUT2D eigenvalue weighted by Crippen LogP contribution is 2.67. The summed E-state index contributed by atoms with van der Waals surface area (Å²) in [5.41, 5.74) is -0.0391. The fraction of sp³-hybridized carbons (Fsp3) is 0.917. The molecule has 0 amide bonds. The van der Waals surface area contributed by atoms with Gasteiger partial charge in [0, 0.05) is 18.3 Å². The first-order valence-electron chi connectivity index (χ1n) is 11.6. The van der Waals surface area contributed by atoms with Crippen molar-refractivity contribution in [2.75, 3.05) is 0 Å². The van der Waals surface area contributed by atoms with Crippen molar-refractivity contribution in [3.8, 4) is 0 Å². The van der Waals surface area contributed by atoms with Crippen LogP contribution in [0.25, 0.3) is 0 Å². The fourth-order valence-electron chi connectivity index (χ4n) is 8.44. The number of fused-ring (bicyclic) bond motifs is 5. The van der Waals surface area contributed by atoms with Gasteiger partial charge in [0.15, 0.2) is 0 Å². The molecule has 4 aliphatic rings. The van der Waals surface area contributed by atoms with Crippen LogP contribution >= 0.6 is 0 Å². The maximum atomic E-state index is 13.6. The van der Waals surface area contributed by atoms with E-state index >= 15 is 0 Å². The lowest BCUT2D eigenvalue weighted by Crippen LogP contribution is -2.57. The van der Waals surface area contributed by atoms with Crippen molar-refractivity contribution in [1.29, 1.82) is 0 Å². The molecule has 28 heavy (non-hydrogen) atoms. The monoisotopic (exact) mass is 390 g/mol. The number of hydrogen-bond acceptors (Lipinski definition) is 3. The molecule has 4 saturated carbocycles. The largest absolute Gasteiger partial charge is 0.481 e. The first kappa shape index (κ1) is 20.4. The van der Waals surface area contributed by atoms with Crippen LogP contribution < -0.4 is 0 Å². The maximum absolute atomic E-state index is 13.6. The average molecular weight is 391 g/mol. The van der Waals surface area contributed by atoms with Crippen molar-refractivity contribution in [2.45, 2.75) is 91.1 Å². The van der Waals surface area contributed by atoms with Crippen molar-refractivity contribution in [1.82, 2.24) is 0 Å². The molecule has 4 nitrogen and oxygen atoms in total. The Balaban J connectivity index is 1.57. The van der Waals surface area contributed by atoms with Gasteiger partial charge in [0.2, 0.25) is 0 Å². The van der Waals surface area contributed by atoms with Crippen LogP contribution in [0.2, 0.25) is 0 Å². The van der Waals surface area contributed by atoms with Gasteiger partial charge in [0.25, 0.3) is 0 Å². The molecule has 0 radical (unpaired) electrons. The van der Waals surface area contributed by atoms with Crippen molar-refractivity contribution in [2.24, 2.45) is 46.3 Å². The van der Waals surface area contributed by atoms with Gasteiger partial charge < -0.3 is 10.2 Å². The zero-order chi connectivity index (χ0) is 20.3. The first-order valence-corrected chi connectivity index (χ1v) is 11.6. The van der Waals surface area contributed by atoms with E-state index in [4.69, 9.17) is 5.11 Å². The minimum atomic E-state index is -0.729. The third-order valence-corrected chi connectivity index (χ3v) is 10.1. The molecular formula is C24H38O4. The molecule has 9 atom stereocenters. The third-order valence-electron chi connectivity index (χ3n) is 10.1. The topological polar surface area (TPSA) is 74.6 Å². The highest BCUT2D eigenvalue weighted by Gasteiger charge is 2.63. The normalized spacial score (nSPS) is 49.1. The summed E-state index contributed by atoms with van der Waals surface area (Å²) in [6.07, 6.45) is 8.96. The Morgan fingerprint density at radius 2 is 1.89 bits per heavy atom. The predicted molar refractivity (Wildman–Crippen MR) is 108 cm³/mol. The van der Waals surface area contributed by atoms with Crippen molar-refractivity contribution in [3.63, 3.8) is 0 Å². The maximum Gasteiger partial charge on any atom is 0.303 e. The molecule has 0 bridgehead atoms. The van der Waals surface area contributed by atoms with E-state index in [0.29, 0.717) is 54.1 Å². The number of Topliss-reactive ketones (excluding diaryl/α,β-unsaturated/α-hetero) is 1. The summed E-state index contributed by atoms with van der Waals surface area (Å²) < 4.78 is 0. The molecule has 7 unspecified atom stereocenters. The summed E-state index contributed by atoms with van der Waals surface area (Å²) in [5.74, 6) is 2.52. The van der Waals surface area contributed by atoms with Crippen LogP contribution in [0, 0.1) is 46.3 Å². The number of carboxylic acid groups (broad SMARTS) is 1. The summed E-state index contributed by atoms with van der Waals surface area (Å²) in [7, 11) is 0. The van der Waals surface area contributed by atoms with E-state index in [1.165, 1.54) is 12.8 Å². The molecule has 158 valence electrons. The molecule has 4 fully saturated rings. The van der Waals surface area contributed by atoms with Crippen molar-refractivity contribution < 1.29 is 19.8 Å². The molecule has 0 spiro atoms. The zero-order valence-corrected chi connectivity index (χ0v) is 17.8. The minimum Gasteiger partial charge on any atom is -0.481 e. The number of aliphatic carboxylic acids is 1. The van der Waals surface area contributed by atoms with E-state index in [1.807, 2.05) is 0 Å². The molecule has 0 aliphatic heterocycles. The second-order valence-corrected chi connectivity index (χ2v) is 11.1. The zero-order valence-electron chi connectivity index (χ0n) is 17.8. The molecule has 0 aromatic rings. The van der Waals surface area contributed by atoms with Gasteiger partial charge in [-0.25, -0.2) is 0 Å². The lowest BCUT2D eigenvalue weighted by molar-refractivity contribution is -0.160. The average Bonchev–Trinajstić information content (AvgIpc) is 3.00. The summed E-state index contributed by atoms with van der Waals surface area (Å²) in [6.45, 7) is 6.81. The van der Waals surface area contributed by atoms with Crippen LogP contribution in [0.3, 0.4) is 0 Å². The SMILES string of the molecule is CC(CCC(=O)O)C1CCC2C3CCC4CC(O)CC[C@]4(C)C3CC(=O)[C@]12C. The number of rotatable bonds is 4. The smallest absolute Gasteiger partial charge is 0.303 e. The van der Waals surface area contributed by atoms with Crippen LogP contribution in [0.15, 0.2) is 0 Å². The van der Waals surface area contributed by atoms with E-state index in [0.717, 1.165) is 32.1 Å². The van der Waals surface area contributed by atoms with Gasteiger partial charge in [-0.15, -0.1) is 0 Å². The number of carbonyl (C=O) groups excluding carboxylic acids is 1. The number of aliphatic hydroxyl groups is 1. The molecule has 0 saturated heterocycles. The quantitative estimate of drug-likeness (QED) is 0.730. The molecule has 0 heterocycles. The number of hydrogen-bond donors (Lipinski definition) is 2. The lowest BCUT2D eigenvalue weighted by Gasteiger charge is -2.60. The molecule has 4 heteroatoms. The van der Waals surface area contributed by atoms with Gasteiger partial charge in [-0.1, -0.05) is 20.8 Å². The Morgan fingerprint density at radius 1 is 1.14 bits per heavy atom.